The lowest BCUT2D eigenvalue weighted by molar-refractivity contribution is -0.197. The van der Waals surface area contributed by atoms with Gasteiger partial charge in [0.1, 0.15) is 12.7 Å². The Labute approximate surface area is 213 Å². The van der Waals surface area contributed by atoms with Crippen LogP contribution in [-0.2, 0) is 30.5 Å². The first kappa shape index (κ1) is 24.8. The van der Waals surface area contributed by atoms with E-state index in [0.29, 0.717) is 36.0 Å². The number of rotatable bonds is 6. The number of Topliss-reactive ketones (excluding diaryl/α,β-unsaturated/α-hetero) is 1. The Balaban J connectivity index is 1.49. The lowest BCUT2D eigenvalue weighted by Gasteiger charge is -2.59. The van der Waals surface area contributed by atoms with E-state index >= 15 is 0 Å². The van der Waals surface area contributed by atoms with E-state index in [4.69, 9.17) is 19.6 Å². The van der Waals surface area contributed by atoms with Crippen LogP contribution in [0.25, 0.3) is 0 Å². The number of hydrogen-bond donors (Lipinski definition) is 2. The fraction of sp³-hybridized carbons (Fsp3) is 0.429. The number of carbonyl (C=O) groups excluding carboxylic acids is 3. The van der Waals surface area contributed by atoms with Crippen molar-refractivity contribution >= 4 is 23.6 Å². The highest BCUT2D eigenvalue weighted by Gasteiger charge is 2.66. The van der Waals surface area contributed by atoms with Crippen LogP contribution < -0.4 is 5.73 Å². The van der Waals surface area contributed by atoms with Crippen molar-refractivity contribution in [2.45, 2.75) is 45.8 Å². The Morgan fingerprint density at radius 3 is 2.49 bits per heavy atom. The van der Waals surface area contributed by atoms with Gasteiger partial charge in [-0.2, -0.15) is 0 Å². The lowest BCUT2D eigenvalue weighted by Crippen LogP contribution is -2.61. The zero-order valence-electron chi connectivity index (χ0n) is 20.6. The normalized spacial score (nSPS) is 33.0. The number of benzene rings is 1. The number of aliphatic carboxylic acids is 1. The summed E-state index contributed by atoms with van der Waals surface area (Å²) >= 11 is 0. The van der Waals surface area contributed by atoms with Crippen molar-refractivity contribution in [3.05, 3.63) is 71.4 Å². The van der Waals surface area contributed by atoms with E-state index in [1.54, 1.807) is 30.3 Å². The molecule has 3 aliphatic rings. The molecule has 194 valence electrons. The quantitative estimate of drug-likeness (QED) is 0.562. The van der Waals surface area contributed by atoms with Crippen molar-refractivity contribution < 1.29 is 38.2 Å². The van der Waals surface area contributed by atoms with E-state index < -0.39 is 46.6 Å². The molecule has 9 nitrogen and oxygen atoms in total. The molecule has 0 unspecified atom stereocenters. The third kappa shape index (κ3) is 4.02. The molecule has 1 aromatic carbocycles. The monoisotopic (exact) mass is 507 g/mol. The van der Waals surface area contributed by atoms with E-state index in [0.717, 1.165) is 0 Å². The number of furan rings is 1. The summed E-state index contributed by atoms with van der Waals surface area (Å²) < 4.78 is 16.8. The van der Waals surface area contributed by atoms with Gasteiger partial charge in [0.2, 0.25) is 11.7 Å². The van der Waals surface area contributed by atoms with Crippen LogP contribution in [0.2, 0.25) is 0 Å². The van der Waals surface area contributed by atoms with Gasteiger partial charge < -0.3 is 24.7 Å². The Bertz CT molecular complexity index is 1280. The number of fused-ring (bicyclic) bond motifs is 3. The van der Waals surface area contributed by atoms with E-state index in [1.165, 1.54) is 18.6 Å². The summed E-state index contributed by atoms with van der Waals surface area (Å²) in [6.07, 6.45) is 5.03. The number of carbonyl (C=O) groups is 4. The molecule has 9 heteroatoms. The van der Waals surface area contributed by atoms with Gasteiger partial charge in [0, 0.05) is 17.0 Å². The molecule has 0 spiro atoms. The van der Waals surface area contributed by atoms with Crippen LogP contribution in [0.3, 0.4) is 0 Å². The average Bonchev–Trinajstić information content (AvgIpc) is 3.38. The van der Waals surface area contributed by atoms with E-state index in [9.17, 15) is 24.3 Å². The predicted molar refractivity (Wildman–Crippen MR) is 129 cm³/mol. The zero-order valence-corrected chi connectivity index (χ0v) is 20.6. The first-order valence-corrected chi connectivity index (χ1v) is 12.3. The van der Waals surface area contributed by atoms with E-state index in [2.05, 4.69) is 0 Å². The van der Waals surface area contributed by atoms with Crippen LogP contribution in [0.5, 0.6) is 0 Å². The zero-order chi connectivity index (χ0) is 26.5. The van der Waals surface area contributed by atoms with Gasteiger partial charge in [-0.25, -0.2) is 0 Å². The van der Waals surface area contributed by atoms with Crippen LogP contribution in [-0.4, -0.2) is 28.7 Å². The van der Waals surface area contributed by atoms with Gasteiger partial charge in [-0.1, -0.05) is 26.0 Å². The predicted octanol–water partition coefficient (Wildman–Crippen LogP) is 3.79. The van der Waals surface area contributed by atoms with Crippen LogP contribution >= 0.6 is 0 Å². The molecule has 5 rings (SSSR count). The summed E-state index contributed by atoms with van der Waals surface area (Å²) in [7, 11) is 0. The number of ketones is 1. The summed E-state index contributed by atoms with van der Waals surface area (Å²) in [5, 5.41) is 10.2. The van der Waals surface area contributed by atoms with Crippen molar-refractivity contribution in [1.82, 2.24) is 0 Å². The fourth-order valence-corrected chi connectivity index (χ4v) is 6.74. The molecule has 1 saturated heterocycles. The molecule has 1 amide bonds. The second-order valence-electron chi connectivity index (χ2n) is 10.8. The van der Waals surface area contributed by atoms with Crippen LogP contribution in [0.15, 0.2) is 59.1 Å². The number of allylic oxidation sites excluding steroid dienone is 1. The number of nitrogens with two attached hydrogens (primary N) is 1. The second-order valence-corrected chi connectivity index (χ2v) is 10.8. The van der Waals surface area contributed by atoms with Crippen molar-refractivity contribution in [2.75, 3.05) is 0 Å². The second kappa shape index (κ2) is 8.90. The minimum Gasteiger partial charge on any atom is -0.485 e. The molecule has 0 radical (unpaired) electrons. The molecule has 1 aromatic heterocycles. The standard InChI is InChI=1S/C28H29NO8/c1-27-9-7-18-26(34)37-21(17-8-10-35-14-17)12-28(18,2)23(27)22(30)20(11-19(27)25(32)33)36-13-15-3-5-16(6-4-15)24(29)31/h3-6,8,10-11,14,18-19,21,23H,7,9,12-13H2,1-2H3,(H2,29,31)(H,32,33)/t18-,19-,21-,23-,27-,28-/m0/s1. The van der Waals surface area contributed by atoms with Crippen molar-refractivity contribution in [3.63, 3.8) is 0 Å². The summed E-state index contributed by atoms with van der Waals surface area (Å²) in [6.45, 7) is 3.74. The van der Waals surface area contributed by atoms with Gasteiger partial charge >= 0.3 is 11.9 Å². The number of cyclic esters (lactones) is 1. The lowest BCUT2D eigenvalue weighted by atomic mass is 9.44. The maximum Gasteiger partial charge on any atom is 0.311 e. The molecule has 2 aromatic rings. The summed E-state index contributed by atoms with van der Waals surface area (Å²) in [5.41, 5.74) is 5.27. The molecular formula is C28H29NO8. The number of ether oxygens (including phenoxy) is 2. The summed E-state index contributed by atoms with van der Waals surface area (Å²) in [4.78, 5) is 51.0. The molecule has 2 fully saturated rings. The number of carboxylic acids is 1. The van der Waals surface area contributed by atoms with Gasteiger partial charge in [-0.15, -0.1) is 0 Å². The highest BCUT2D eigenvalue weighted by molar-refractivity contribution is 6.00. The van der Waals surface area contributed by atoms with Crippen molar-refractivity contribution in [3.8, 4) is 0 Å². The molecule has 3 N–H and O–H groups in total. The Hall–Kier alpha value is -3.88. The summed E-state index contributed by atoms with van der Waals surface area (Å²) in [5.74, 6) is -4.57. The van der Waals surface area contributed by atoms with Gasteiger partial charge in [-0.3, -0.25) is 19.2 Å². The van der Waals surface area contributed by atoms with Gasteiger partial charge in [0.05, 0.1) is 24.4 Å². The van der Waals surface area contributed by atoms with Crippen molar-refractivity contribution in [2.24, 2.45) is 34.3 Å². The van der Waals surface area contributed by atoms with Crippen LogP contribution in [0.4, 0.5) is 0 Å². The Morgan fingerprint density at radius 2 is 1.86 bits per heavy atom. The highest BCUT2D eigenvalue weighted by atomic mass is 16.5. The van der Waals surface area contributed by atoms with Crippen LogP contribution in [0, 0.1) is 28.6 Å². The average molecular weight is 508 g/mol. The molecule has 2 aliphatic carbocycles. The first-order valence-electron chi connectivity index (χ1n) is 12.3. The summed E-state index contributed by atoms with van der Waals surface area (Å²) in [6, 6.07) is 8.18. The number of primary amides is 1. The van der Waals surface area contributed by atoms with Gasteiger partial charge in [0.15, 0.2) is 5.76 Å². The number of hydrogen-bond acceptors (Lipinski definition) is 7. The SMILES string of the molecule is C[C@@]12CC[C@H]3C(=O)O[C@H](c4ccoc4)C[C@]3(C)[C@H]1C(=O)C(OCc1ccc(C(N)=O)cc1)=C[C@H]2C(=O)O. The van der Waals surface area contributed by atoms with E-state index in [1.807, 2.05) is 13.8 Å². The van der Waals surface area contributed by atoms with Crippen LogP contribution in [0.1, 0.15) is 60.7 Å². The third-order valence-electron chi connectivity index (χ3n) is 8.60. The fourth-order valence-electron chi connectivity index (χ4n) is 6.74. The van der Waals surface area contributed by atoms with Crippen molar-refractivity contribution in [1.29, 1.82) is 0 Å². The number of esters is 1. The molecule has 1 aliphatic heterocycles. The minimum absolute atomic E-state index is 0.00617. The maximum atomic E-state index is 14.0. The van der Waals surface area contributed by atoms with E-state index in [-0.39, 0.29) is 24.1 Å². The number of carboxylic acid groups (broad SMARTS) is 1. The van der Waals surface area contributed by atoms with Gasteiger partial charge in [0.25, 0.3) is 0 Å². The Morgan fingerprint density at radius 1 is 1.14 bits per heavy atom. The molecule has 37 heavy (non-hydrogen) atoms. The van der Waals surface area contributed by atoms with Gasteiger partial charge in [-0.05, 0) is 59.9 Å². The highest BCUT2D eigenvalue weighted by Crippen LogP contribution is 2.64. The smallest absolute Gasteiger partial charge is 0.311 e. The first-order chi connectivity index (χ1) is 17.5. The molecule has 0 bridgehead atoms. The third-order valence-corrected chi connectivity index (χ3v) is 8.60. The maximum absolute atomic E-state index is 14.0. The largest absolute Gasteiger partial charge is 0.485 e. The molecule has 1 saturated carbocycles. The minimum atomic E-state index is -1.04. The number of amides is 1. The molecule has 2 heterocycles. The Kier molecular flexibility index (Phi) is 5.96. The topological polar surface area (TPSA) is 146 Å². The molecular weight excluding hydrogens is 478 g/mol. The molecule has 6 atom stereocenters.